The van der Waals surface area contributed by atoms with E-state index >= 15 is 0 Å². The first-order valence-electron chi connectivity index (χ1n) is 11.7. The van der Waals surface area contributed by atoms with Crippen molar-refractivity contribution in [1.29, 1.82) is 0 Å². The lowest BCUT2D eigenvalue weighted by Crippen LogP contribution is -2.34. The lowest BCUT2D eigenvalue weighted by molar-refractivity contribution is -0.117. The van der Waals surface area contributed by atoms with Gasteiger partial charge in [0, 0.05) is 18.2 Å². The van der Waals surface area contributed by atoms with Crippen LogP contribution >= 0.6 is 0 Å². The van der Waals surface area contributed by atoms with E-state index in [2.05, 4.69) is 24.1 Å². The predicted octanol–water partition coefficient (Wildman–Crippen LogP) is 6.89. The molecule has 1 aliphatic rings. The first-order valence-corrected chi connectivity index (χ1v) is 11.7. The van der Waals surface area contributed by atoms with Gasteiger partial charge >= 0.3 is 0 Å². The van der Waals surface area contributed by atoms with Crippen LogP contribution in [0, 0.1) is 0 Å². The number of carbonyl (C=O) groups excluding carboxylic acids is 1. The first kappa shape index (κ1) is 24.1. The predicted molar refractivity (Wildman–Crippen MR) is 118 cm³/mol. The zero-order valence-electron chi connectivity index (χ0n) is 17.9. The van der Waals surface area contributed by atoms with Crippen LogP contribution in [-0.2, 0) is 4.79 Å². The van der Waals surface area contributed by atoms with Crippen LogP contribution in [0.25, 0.3) is 0 Å². The Labute approximate surface area is 168 Å². The highest BCUT2D eigenvalue weighted by molar-refractivity contribution is 5.99. The highest BCUT2D eigenvalue weighted by atomic mass is 16.1. The summed E-state index contributed by atoms with van der Waals surface area (Å²) in [5, 5.41) is 0. The third-order valence-electron chi connectivity index (χ3n) is 5.55. The van der Waals surface area contributed by atoms with E-state index in [1.54, 1.807) is 0 Å². The van der Waals surface area contributed by atoms with Gasteiger partial charge in [0.25, 0.3) is 0 Å². The Morgan fingerprint density at radius 1 is 0.926 bits per heavy atom. The summed E-state index contributed by atoms with van der Waals surface area (Å²) in [6, 6.07) is 0.0221. The number of aliphatic imine (C=N–C) groups is 1. The van der Waals surface area contributed by atoms with Gasteiger partial charge in [-0.1, -0.05) is 76.9 Å². The van der Waals surface area contributed by atoms with Crippen LogP contribution in [0.3, 0.4) is 0 Å². The number of nitrogens with zero attached hydrogens (tertiary/aromatic N) is 1. The van der Waals surface area contributed by atoms with Gasteiger partial charge in [0.05, 0.1) is 0 Å². The quantitative estimate of drug-likeness (QED) is 0.250. The zero-order chi connectivity index (χ0) is 19.6. The van der Waals surface area contributed by atoms with Crippen LogP contribution in [0.5, 0.6) is 0 Å². The van der Waals surface area contributed by atoms with Crippen LogP contribution in [0.4, 0.5) is 0 Å². The molecule has 1 atom stereocenters. The summed E-state index contributed by atoms with van der Waals surface area (Å²) in [7, 11) is 0. The van der Waals surface area contributed by atoms with E-state index in [0.29, 0.717) is 6.42 Å². The third kappa shape index (κ3) is 13.8. The van der Waals surface area contributed by atoms with E-state index < -0.39 is 0 Å². The molecule has 3 heteroatoms. The number of unbranched alkanes of at least 4 members (excludes halogenated alkanes) is 11. The highest BCUT2D eigenvalue weighted by Crippen LogP contribution is 2.15. The minimum atomic E-state index is 0.0221. The molecule has 27 heavy (non-hydrogen) atoms. The molecule has 0 heterocycles. The molecular formula is C24H44N2O. The van der Waals surface area contributed by atoms with Crippen LogP contribution in [-0.4, -0.2) is 17.7 Å². The Bertz CT molecular complexity index is 428. The summed E-state index contributed by atoms with van der Waals surface area (Å²) in [6.07, 6.45) is 26.2. The van der Waals surface area contributed by atoms with Gasteiger partial charge in [-0.25, -0.2) is 4.99 Å². The lowest BCUT2D eigenvalue weighted by atomic mass is 9.94. The average Bonchev–Trinajstić information content (AvgIpc) is 2.66. The Morgan fingerprint density at radius 3 is 2.15 bits per heavy atom. The highest BCUT2D eigenvalue weighted by Gasteiger charge is 2.17. The van der Waals surface area contributed by atoms with Crippen LogP contribution in [0.1, 0.15) is 122 Å². The molecule has 1 rings (SSSR count). The normalized spacial score (nSPS) is 19.2. The standard InChI is InChI=1S/C24H44N2O/c1-2-3-4-5-6-7-8-9-10-11-12-13-14-15-16-21-24(27)26-23-20-18-17-19-22(23)25/h11-12,22H,2-10,13-21,25H2,1H3/b12-11+,26-23?. The summed E-state index contributed by atoms with van der Waals surface area (Å²) in [5.41, 5.74) is 6.96. The fraction of sp³-hybridized carbons (Fsp3) is 0.833. The van der Waals surface area contributed by atoms with Crippen LogP contribution < -0.4 is 5.73 Å². The zero-order valence-corrected chi connectivity index (χ0v) is 17.9. The second kappa shape index (κ2) is 17.2. The molecule has 1 amide bonds. The molecule has 0 saturated heterocycles. The molecule has 2 N–H and O–H groups in total. The van der Waals surface area contributed by atoms with E-state index in [9.17, 15) is 4.79 Å². The van der Waals surface area contributed by atoms with E-state index in [0.717, 1.165) is 44.2 Å². The number of allylic oxidation sites excluding steroid dienone is 2. The fourth-order valence-corrected chi connectivity index (χ4v) is 3.72. The summed E-state index contributed by atoms with van der Waals surface area (Å²) >= 11 is 0. The van der Waals surface area contributed by atoms with E-state index in [1.165, 1.54) is 70.6 Å². The van der Waals surface area contributed by atoms with Gasteiger partial charge in [0.15, 0.2) is 0 Å². The molecule has 1 unspecified atom stereocenters. The van der Waals surface area contributed by atoms with Crippen molar-refractivity contribution in [3.8, 4) is 0 Å². The summed E-state index contributed by atoms with van der Waals surface area (Å²) in [6.45, 7) is 2.27. The van der Waals surface area contributed by atoms with Crippen molar-refractivity contribution in [3.63, 3.8) is 0 Å². The molecule has 1 fully saturated rings. The molecule has 0 aromatic rings. The average molecular weight is 377 g/mol. The number of rotatable bonds is 15. The van der Waals surface area contributed by atoms with Crippen molar-refractivity contribution < 1.29 is 4.79 Å². The Kier molecular flexibility index (Phi) is 15.3. The number of nitrogens with two attached hydrogens (primary N) is 1. The Morgan fingerprint density at radius 2 is 1.52 bits per heavy atom. The van der Waals surface area contributed by atoms with Crippen molar-refractivity contribution in [3.05, 3.63) is 12.2 Å². The third-order valence-corrected chi connectivity index (χ3v) is 5.55. The largest absolute Gasteiger partial charge is 0.323 e. The molecule has 0 radical (unpaired) electrons. The van der Waals surface area contributed by atoms with Crippen LogP contribution in [0.15, 0.2) is 17.1 Å². The molecule has 156 valence electrons. The van der Waals surface area contributed by atoms with E-state index in [1.807, 2.05) is 0 Å². The van der Waals surface area contributed by atoms with Crippen molar-refractivity contribution >= 4 is 11.6 Å². The number of hydrogen-bond acceptors (Lipinski definition) is 2. The van der Waals surface area contributed by atoms with Gasteiger partial charge in [-0.2, -0.15) is 0 Å². The summed E-state index contributed by atoms with van der Waals surface area (Å²) in [5.74, 6) is 0.0348. The first-order chi connectivity index (χ1) is 13.2. The van der Waals surface area contributed by atoms with E-state index in [4.69, 9.17) is 5.73 Å². The SMILES string of the molecule is CCCCCCCCCC/C=C/CCCCCC(=O)N=C1CCCCC1N. The van der Waals surface area contributed by atoms with Gasteiger partial charge in [0.1, 0.15) is 0 Å². The molecule has 0 aromatic heterocycles. The molecule has 0 aromatic carbocycles. The van der Waals surface area contributed by atoms with Gasteiger partial charge < -0.3 is 5.73 Å². The second-order valence-electron chi connectivity index (χ2n) is 8.18. The maximum absolute atomic E-state index is 11.9. The molecule has 0 aliphatic heterocycles. The molecule has 1 saturated carbocycles. The Balaban J connectivity index is 1.88. The van der Waals surface area contributed by atoms with Crippen LogP contribution in [0.2, 0.25) is 0 Å². The summed E-state index contributed by atoms with van der Waals surface area (Å²) in [4.78, 5) is 16.2. The van der Waals surface area contributed by atoms with Gasteiger partial charge in [-0.3, -0.25) is 4.79 Å². The van der Waals surface area contributed by atoms with Crippen molar-refractivity contribution in [2.45, 2.75) is 129 Å². The minimum absolute atomic E-state index is 0.0221. The molecule has 0 bridgehead atoms. The molecular weight excluding hydrogens is 332 g/mol. The van der Waals surface area contributed by atoms with Crippen molar-refractivity contribution in [1.82, 2.24) is 0 Å². The Hall–Kier alpha value is -0.960. The van der Waals surface area contributed by atoms with Gasteiger partial charge in [-0.15, -0.1) is 0 Å². The number of carbonyl (C=O) groups is 1. The molecule has 1 aliphatic carbocycles. The number of amides is 1. The molecule has 3 nitrogen and oxygen atoms in total. The smallest absolute Gasteiger partial charge is 0.245 e. The topological polar surface area (TPSA) is 55.5 Å². The van der Waals surface area contributed by atoms with Gasteiger partial charge in [-0.05, 0) is 51.4 Å². The van der Waals surface area contributed by atoms with Crippen molar-refractivity contribution in [2.75, 3.05) is 0 Å². The van der Waals surface area contributed by atoms with Crippen molar-refractivity contribution in [2.24, 2.45) is 10.7 Å². The maximum atomic E-state index is 11.9. The van der Waals surface area contributed by atoms with E-state index in [-0.39, 0.29) is 11.9 Å². The second-order valence-corrected chi connectivity index (χ2v) is 8.18. The fourth-order valence-electron chi connectivity index (χ4n) is 3.72. The lowest BCUT2D eigenvalue weighted by Gasteiger charge is -2.19. The monoisotopic (exact) mass is 376 g/mol. The number of hydrogen-bond donors (Lipinski definition) is 1. The van der Waals surface area contributed by atoms with Gasteiger partial charge in [0.2, 0.25) is 5.91 Å². The summed E-state index contributed by atoms with van der Waals surface area (Å²) < 4.78 is 0. The molecule has 0 spiro atoms. The minimum Gasteiger partial charge on any atom is -0.323 e. The maximum Gasteiger partial charge on any atom is 0.245 e.